The average molecular weight is 376 g/mol. The van der Waals surface area contributed by atoms with Crippen LogP contribution >= 0.6 is 11.3 Å². The molecule has 140 valence electrons. The van der Waals surface area contributed by atoms with E-state index in [4.69, 9.17) is 10.5 Å². The molecule has 1 fully saturated rings. The van der Waals surface area contributed by atoms with E-state index >= 15 is 0 Å². The van der Waals surface area contributed by atoms with Crippen LogP contribution in [-0.2, 0) is 9.53 Å². The van der Waals surface area contributed by atoms with E-state index in [0.717, 1.165) is 30.8 Å². The van der Waals surface area contributed by atoms with E-state index in [-0.39, 0.29) is 11.8 Å². The second kappa shape index (κ2) is 8.52. The quantitative estimate of drug-likeness (QED) is 0.791. The van der Waals surface area contributed by atoms with Crippen LogP contribution in [0.5, 0.6) is 0 Å². The highest BCUT2D eigenvalue weighted by atomic mass is 32.1. The molecule has 0 saturated carbocycles. The number of carbonyl (C=O) groups excluding carboxylic acids is 1. The van der Waals surface area contributed by atoms with Crippen molar-refractivity contribution in [2.75, 3.05) is 36.5 Å². The summed E-state index contributed by atoms with van der Waals surface area (Å²) in [6, 6.07) is -0.538. The number of carbonyl (C=O) groups is 1. The minimum Gasteiger partial charge on any atom is -0.378 e. The fraction of sp³-hybridized carbons (Fsp3) is 0.529. The van der Waals surface area contributed by atoms with E-state index < -0.39 is 6.04 Å². The molecule has 1 aliphatic rings. The first-order valence-corrected chi connectivity index (χ1v) is 9.63. The Bertz CT molecular complexity index is 729. The van der Waals surface area contributed by atoms with Crippen molar-refractivity contribution in [3.8, 4) is 11.3 Å². The van der Waals surface area contributed by atoms with Gasteiger partial charge in [0.2, 0.25) is 11.9 Å². The number of anilines is 2. The van der Waals surface area contributed by atoms with Gasteiger partial charge >= 0.3 is 0 Å². The molecule has 3 N–H and O–H groups in total. The van der Waals surface area contributed by atoms with Gasteiger partial charge in [0.25, 0.3) is 0 Å². The normalized spacial score (nSPS) is 17.0. The Kier molecular flexibility index (Phi) is 6.12. The lowest BCUT2D eigenvalue weighted by molar-refractivity contribution is -0.118. The van der Waals surface area contributed by atoms with Crippen molar-refractivity contribution in [3.63, 3.8) is 0 Å². The molecule has 1 aliphatic heterocycles. The Morgan fingerprint density at radius 2 is 2.08 bits per heavy atom. The van der Waals surface area contributed by atoms with Crippen LogP contribution in [0.3, 0.4) is 0 Å². The van der Waals surface area contributed by atoms with Crippen LogP contribution in [0.15, 0.2) is 17.8 Å². The number of hydrogen-bond donors (Lipinski definition) is 2. The van der Waals surface area contributed by atoms with Crippen molar-refractivity contribution in [2.24, 2.45) is 11.7 Å². The van der Waals surface area contributed by atoms with Crippen molar-refractivity contribution in [3.05, 3.63) is 17.8 Å². The molecular formula is C17H24N6O2S. The Hall–Kier alpha value is -2.10. The molecule has 0 aliphatic carbocycles. The SMILES string of the molecule is CC[C@H](C)[C@H](N)C(=O)Nc1nc(-c2cnc(N3CCOCC3)nc2)cs1. The Labute approximate surface area is 156 Å². The molecule has 3 heterocycles. The molecule has 0 bridgehead atoms. The Balaban J connectivity index is 1.64. The number of amides is 1. The van der Waals surface area contributed by atoms with Crippen molar-refractivity contribution in [1.82, 2.24) is 15.0 Å². The maximum absolute atomic E-state index is 12.2. The zero-order chi connectivity index (χ0) is 18.5. The maximum atomic E-state index is 12.2. The highest BCUT2D eigenvalue weighted by molar-refractivity contribution is 7.14. The first kappa shape index (κ1) is 18.7. The summed E-state index contributed by atoms with van der Waals surface area (Å²) in [6.45, 7) is 6.95. The molecule has 0 spiro atoms. The lowest BCUT2D eigenvalue weighted by Crippen LogP contribution is -2.40. The smallest absolute Gasteiger partial charge is 0.243 e. The van der Waals surface area contributed by atoms with Gasteiger partial charge in [-0.15, -0.1) is 11.3 Å². The molecule has 2 aromatic rings. The number of thiazole rings is 1. The Morgan fingerprint density at radius 1 is 1.38 bits per heavy atom. The predicted molar refractivity (Wildman–Crippen MR) is 102 cm³/mol. The largest absolute Gasteiger partial charge is 0.378 e. The first-order chi connectivity index (χ1) is 12.6. The van der Waals surface area contributed by atoms with Crippen LogP contribution in [0, 0.1) is 5.92 Å². The molecule has 8 nitrogen and oxygen atoms in total. The zero-order valence-electron chi connectivity index (χ0n) is 15.0. The van der Waals surface area contributed by atoms with Crippen molar-refractivity contribution in [1.29, 1.82) is 0 Å². The minimum atomic E-state index is -0.538. The van der Waals surface area contributed by atoms with Gasteiger partial charge in [-0.25, -0.2) is 15.0 Å². The third kappa shape index (κ3) is 4.35. The van der Waals surface area contributed by atoms with Crippen LogP contribution in [-0.4, -0.2) is 53.2 Å². The van der Waals surface area contributed by atoms with E-state index in [0.29, 0.717) is 24.3 Å². The van der Waals surface area contributed by atoms with Gasteiger partial charge in [-0.2, -0.15) is 0 Å². The third-order valence-corrected chi connectivity index (χ3v) is 5.28. The van der Waals surface area contributed by atoms with Crippen molar-refractivity contribution < 1.29 is 9.53 Å². The highest BCUT2D eigenvalue weighted by Crippen LogP contribution is 2.25. The number of nitrogens with two attached hydrogens (primary N) is 1. The second-order valence-corrected chi connectivity index (χ2v) is 7.17. The fourth-order valence-corrected chi connectivity index (χ4v) is 3.27. The Morgan fingerprint density at radius 3 is 2.73 bits per heavy atom. The molecule has 26 heavy (non-hydrogen) atoms. The summed E-state index contributed by atoms with van der Waals surface area (Å²) in [6.07, 6.45) is 4.36. The molecule has 9 heteroatoms. The highest BCUT2D eigenvalue weighted by Gasteiger charge is 2.20. The number of ether oxygens (including phenoxy) is 1. The van der Waals surface area contributed by atoms with Crippen LogP contribution < -0.4 is 16.0 Å². The van der Waals surface area contributed by atoms with Crippen LogP contribution in [0.2, 0.25) is 0 Å². The lowest BCUT2D eigenvalue weighted by atomic mass is 10.00. The minimum absolute atomic E-state index is 0.121. The van der Waals surface area contributed by atoms with Gasteiger partial charge in [-0.1, -0.05) is 20.3 Å². The molecule has 2 atom stereocenters. The van der Waals surface area contributed by atoms with E-state index in [2.05, 4.69) is 25.2 Å². The van der Waals surface area contributed by atoms with Gasteiger partial charge < -0.3 is 20.7 Å². The molecule has 3 rings (SSSR count). The topological polar surface area (TPSA) is 106 Å². The van der Waals surface area contributed by atoms with Gasteiger partial charge in [0.15, 0.2) is 5.13 Å². The molecule has 2 aromatic heterocycles. The van der Waals surface area contributed by atoms with Gasteiger partial charge in [-0.05, 0) is 5.92 Å². The molecule has 0 aromatic carbocycles. The molecular weight excluding hydrogens is 352 g/mol. The van der Waals surface area contributed by atoms with Gasteiger partial charge in [-0.3, -0.25) is 4.79 Å². The monoisotopic (exact) mass is 376 g/mol. The summed E-state index contributed by atoms with van der Waals surface area (Å²) in [5.74, 6) is 0.607. The number of nitrogens with zero attached hydrogens (tertiary/aromatic N) is 4. The molecule has 1 saturated heterocycles. The summed E-state index contributed by atoms with van der Waals surface area (Å²) in [5, 5.41) is 5.19. The van der Waals surface area contributed by atoms with Crippen molar-refractivity contribution >= 4 is 28.3 Å². The molecule has 1 amide bonds. The molecule has 0 radical (unpaired) electrons. The van der Waals surface area contributed by atoms with E-state index in [9.17, 15) is 4.79 Å². The number of morpholine rings is 1. The summed E-state index contributed by atoms with van der Waals surface area (Å²) < 4.78 is 5.34. The van der Waals surface area contributed by atoms with Gasteiger partial charge in [0.1, 0.15) is 0 Å². The van der Waals surface area contributed by atoms with E-state index in [1.54, 1.807) is 12.4 Å². The number of nitrogens with one attached hydrogen (secondary N) is 1. The summed E-state index contributed by atoms with van der Waals surface area (Å²) in [4.78, 5) is 27.6. The van der Waals surface area contributed by atoms with Gasteiger partial charge in [0, 0.05) is 36.4 Å². The number of aromatic nitrogens is 3. The van der Waals surface area contributed by atoms with Crippen LogP contribution in [0.25, 0.3) is 11.3 Å². The maximum Gasteiger partial charge on any atom is 0.243 e. The average Bonchev–Trinajstić information content (AvgIpc) is 3.16. The summed E-state index contributed by atoms with van der Waals surface area (Å²) >= 11 is 1.36. The predicted octanol–water partition coefficient (Wildman–Crippen LogP) is 1.75. The third-order valence-electron chi connectivity index (χ3n) is 4.52. The lowest BCUT2D eigenvalue weighted by Gasteiger charge is -2.26. The summed E-state index contributed by atoms with van der Waals surface area (Å²) in [5.41, 5.74) is 7.50. The second-order valence-electron chi connectivity index (χ2n) is 6.31. The first-order valence-electron chi connectivity index (χ1n) is 8.75. The van der Waals surface area contributed by atoms with Crippen molar-refractivity contribution in [2.45, 2.75) is 26.3 Å². The van der Waals surface area contributed by atoms with E-state index in [1.807, 2.05) is 19.2 Å². The molecule has 0 unspecified atom stereocenters. The zero-order valence-corrected chi connectivity index (χ0v) is 15.8. The number of hydrogen-bond acceptors (Lipinski definition) is 8. The van der Waals surface area contributed by atoms with Crippen LogP contribution in [0.4, 0.5) is 11.1 Å². The standard InChI is InChI=1S/C17H24N6O2S/c1-3-11(2)14(18)15(24)22-17-21-13(10-26-17)12-8-19-16(20-9-12)23-4-6-25-7-5-23/h8-11,14H,3-7,18H2,1-2H3,(H,21,22,24)/t11-,14-/m0/s1. The summed E-state index contributed by atoms with van der Waals surface area (Å²) in [7, 11) is 0. The number of rotatable bonds is 6. The van der Waals surface area contributed by atoms with E-state index in [1.165, 1.54) is 11.3 Å². The van der Waals surface area contributed by atoms with Crippen LogP contribution in [0.1, 0.15) is 20.3 Å². The fourth-order valence-electron chi connectivity index (χ4n) is 2.54. The van der Waals surface area contributed by atoms with Gasteiger partial charge in [0.05, 0.1) is 24.9 Å².